The van der Waals surface area contributed by atoms with E-state index in [1.165, 1.54) is 18.9 Å². The Bertz CT molecular complexity index is 1140. The molecule has 0 fully saturated rings. The van der Waals surface area contributed by atoms with E-state index in [9.17, 15) is 4.79 Å². The molecule has 0 atom stereocenters. The molecule has 33 heavy (non-hydrogen) atoms. The topological polar surface area (TPSA) is 98.3 Å². The molecule has 9 heteroatoms. The standard InChI is InChI=1S/C24H23ClN4O3S/c1-31-22-13-18(14-27-29-24(26)33-16-17-7-3-2-4-8-17)11-12-21(22)32-15-23(30)28-20-10-6-5-9-19(20)25/h2-14H,15-16H2,1H3,(H2,26,29)(H,28,30). The minimum Gasteiger partial charge on any atom is -0.493 e. The number of ether oxygens (including phenoxy) is 2. The summed E-state index contributed by atoms with van der Waals surface area (Å²) in [4.78, 5) is 12.2. The molecule has 3 rings (SSSR count). The van der Waals surface area contributed by atoms with Crippen molar-refractivity contribution in [3.05, 3.63) is 88.9 Å². The maximum absolute atomic E-state index is 12.2. The first kappa shape index (κ1) is 24.2. The number of rotatable bonds is 9. The molecule has 0 unspecified atom stereocenters. The Morgan fingerprint density at radius 1 is 1.09 bits per heavy atom. The number of benzene rings is 3. The number of carbonyl (C=O) groups excluding carboxylic acids is 1. The molecule has 3 aromatic carbocycles. The number of hydrogen-bond donors (Lipinski definition) is 2. The van der Waals surface area contributed by atoms with Crippen molar-refractivity contribution >= 4 is 46.3 Å². The Balaban J connectivity index is 1.54. The van der Waals surface area contributed by atoms with Crippen LogP contribution < -0.4 is 20.5 Å². The van der Waals surface area contributed by atoms with Crippen LogP contribution in [0.25, 0.3) is 0 Å². The third-order valence-corrected chi connectivity index (χ3v) is 5.47. The number of anilines is 1. The number of hydrogen-bond acceptors (Lipinski definition) is 6. The van der Waals surface area contributed by atoms with Crippen LogP contribution in [0.5, 0.6) is 11.5 Å². The van der Waals surface area contributed by atoms with Gasteiger partial charge >= 0.3 is 0 Å². The van der Waals surface area contributed by atoms with E-state index in [0.29, 0.717) is 27.4 Å². The lowest BCUT2D eigenvalue weighted by Gasteiger charge is -2.12. The number of thioether (sulfide) groups is 1. The van der Waals surface area contributed by atoms with E-state index in [2.05, 4.69) is 15.5 Å². The van der Waals surface area contributed by atoms with Gasteiger partial charge in [-0.2, -0.15) is 5.10 Å². The number of nitrogens with zero attached hydrogens (tertiary/aromatic N) is 2. The van der Waals surface area contributed by atoms with Crippen LogP contribution in [-0.2, 0) is 10.5 Å². The molecule has 0 aliphatic heterocycles. The first-order valence-electron chi connectivity index (χ1n) is 9.93. The molecule has 1 amide bonds. The Morgan fingerprint density at radius 3 is 2.61 bits per heavy atom. The molecule has 0 aromatic heterocycles. The lowest BCUT2D eigenvalue weighted by atomic mass is 10.2. The number of amidine groups is 1. The summed E-state index contributed by atoms with van der Waals surface area (Å²) in [5.74, 6) is 1.26. The maximum Gasteiger partial charge on any atom is 0.262 e. The molecule has 0 bridgehead atoms. The highest BCUT2D eigenvalue weighted by molar-refractivity contribution is 8.13. The van der Waals surface area contributed by atoms with Crippen LogP contribution in [0.1, 0.15) is 11.1 Å². The van der Waals surface area contributed by atoms with Gasteiger partial charge in [-0.3, -0.25) is 4.79 Å². The quantitative estimate of drug-likeness (QED) is 0.255. The predicted octanol–water partition coefficient (Wildman–Crippen LogP) is 4.95. The molecular weight excluding hydrogens is 460 g/mol. The first-order valence-corrected chi connectivity index (χ1v) is 11.3. The molecule has 3 N–H and O–H groups in total. The zero-order chi connectivity index (χ0) is 23.5. The summed E-state index contributed by atoms with van der Waals surface area (Å²) in [5.41, 5.74) is 8.33. The van der Waals surface area contributed by atoms with Gasteiger partial charge in [-0.1, -0.05) is 65.8 Å². The van der Waals surface area contributed by atoms with Gasteiger partial charge in [0, 0.05) is 5.75 Å². The number of para-hydroxylation sites is 1. The van der Waals surface area contributed by atoms with Gasteiger partial charge in [0.2, 0.25) is 0 Å². The highest BCUT2D eigenvalue weighted by atomic mass is 35.5. The van der Waals surface area contributed by atoms with Crippen molar-refractivity contribution in [3.8, 4) is 11.5 Å². The molecule has 3 aromatic rings. The minimum absolute atomic E-state index is 0.200. The van der Waals surface area contributed by atoms with Crippen LogP contribution in [0, 0.1) is 0 Å². The predicted molar refractivity (Wildman–Crippen MR) is 136 cm³/mol. The summed E-state index contributed by atoms with van der Waals surface area (Å²) >= 11 is 7.46. The Morgan fingerprint density at radius 2 is 1.85 bits per heavy atom. The third-order valence-electron chi connectivity index (χ3n) is 4.29. The first-order chi connectivity index (χ1) is 16.0. The van der Waals surface area contributed by atoms with Crippen LogP contribution in [0.15, 0.2) is 83.0 Å². The Labute approximate surface area is 201 Å². The molecule has 0 aliphatic carbocycles. The van der Waals surface area contributed by atoms with E-state index in [4.69, 9.17) is 26.8 Å². The highest BCUT2D eigenvalue weighted by Gasteiger charge is 2.10. The van der Waals surface area contributed by atoms with Crippen molar-refractivity contribution in [1.29, 1.82) is 0 Å². The normalized spacial score (nSPS) is 11.4. The van der Waals surface area contributed by atoms with Crippen LogP contribution in [0.4, 0.5) is 5.69 Å². The lowest BCUT2D eigenvalue weighted by molar-refractivity contribution is -0.118. The Kier molecular flexibility index (Phi) is 9.17. The Hall–Kier alpha value is -3.49. The second-order valence-electron chi connectivity index (χ2n) is 6.68. The number of amides is 1. The second-order valence-corrected chi connectivity index (χ2v) is 8.09. The van der Waals surface area contributed by atoms with Crippen molar-refractivity contribution < 1.29 is 14.3 Å². The smallest absolute Gasteiger partial charge is 0.262 e. The third kappa shape index (κ3) is 7.85. The lowest BCUT2D eigenvalue weighted by Crippen LogP contribution is -2.20. The van der Waals surface area contributed by atoms with E-state index in [-0.39, 0.29) is 12.5 Å². The van der Waals surface area contributed by atoms with Crippen LogP contribution in [-0.4, -0.2) is 31.0 Å². The van der Waals surface area contributed by atoms with Gasteiger partial charge in [0.1, 0.15) is 0 Å². The molecule has 0 heterocycles. The van der Waals surface area contributed by atoms with Crippen LogP contribution in [0.3, 0.4) is 0 Å². The van der Waals surface area contributed by atoms with Crippen molar-refractivity contribution in [3.63, 3.8) is 0 Å². The summed E-state index contributed by atoms with van der Waals surface area (Å²) in [5, 5.41) is 11.6. The molecule has 170 valence electrons. The van der Waals surface area contributed by atoms with E-state index >= 15 is 0 Å². The zero-order valence-electron chi connectivity index (χ0n) is 17.9. The maximum atomic E-state index is 12.2. The summed E-state index contributed by atoms with van der Waals surface area (Å²) in [6.07, 6.45) is 1.56. The summed E-state index contributed by atoms with van der Waals surface area (Å²) < 4.78 is 11.0. The molecule has 0 saturated heterocycles. The van der Waals surface area contributed by atoms with Gasteiger partial charge in [0.05, 0.1) is 24.0 Å². The number of halogens is 1. The minimum atomic E-state index is -0.339. The molecule has 0 radical (unpaired) electrons. The van der Waals surface area contributed by atoms with E-state index in [1.807, 2.05) is 30.3 Å². The van der Waals surface area contributed by atoms with Crippen LogP contribution >= 0.6 is 23.4 Å². The second kappa shape index (κ2) is 12.5. The van der Waals surface area contributed by atoms with Crippen molar-refractivity contribution in [2.75, 3.05) is 19.0 Å². The zero-order valence-corrected chi connectivity index (χ0v) is 19.5. The van der Waals surface area contributed by atoms with Gasteiger partial charge in [0.25, 0.3) is 5.91 Å². The average molecular weight is 483 g/mol. The molecule has 0 saturated carbocycles. The monoisotopic (exact) mass is 482 g/mol. The molecule has 0 aliphatic rings. The fraction of sp³-hybridized carbons (Fsp3) is 0.125. The summed E-state index contributed by atoms with van der Waals surface area (Å²) in [6, 6.07) is 22.2. The molecular formula is C24H23ClN4O3S. The number of methoxy groups -OCH3 is 1. The summed E-state index contributed by atoms with van der Waals surface area (Å²) in [6.45, 7) is -0.200. The fourth-order valence-corrected chi connectivity index (χ4v) is 3.48. The van der Waals surface area contributed by atoms with Gasteiger partial charge in [-0.15, -0.1) is 5.10 Å². The fourth-order valence-electron chi connectivity index (χ4n) is 2.69. The number of carbonyl (C=O) groups is 1. The molecule has 0 spiro atoms. The van der Waals surface area contributed by atoms with Crippen molar-refractivity contribution in [2.45, 2.75) is 5.75 Å². The van der Waals surface area contributed by atoms with Gasteiger partial charge < -0.3 is 20.5 Å². The molecule has 7 nitrogen and oxygen atoms in total. The van der Waals surface area contributed by atoms with E-state index in [1.54, 1.807) is 48.7 Å². The average Bonchev–Trinajstić information content (AvgIpc) is 2.84. The SMILES string of the molecule is COc1cc(C=NN=C(N)SCc2ccccc2)ccc1OCC(=O)Nc1ccccc1Cl. The van der Waals surface area contributed by atoms with E-state index in [0.717, 1.165) is 16.9 Å². The van der Waals surface area contributed by atoms with Crippen LogP contribution in [0.2, 0.25) is 5.02 Å². The van der Waals surface area contributed by atoms with Crippen molar-refractivity contribution in [1.82, 2.24) is 0 Å². The van der Waals surface area contributed by atoms with Gasteiger partial charge in [-0.05, 0) is 41.5 Å². The van der Waals surface area contributed by atoms with E-state index < -0.39 is 0 Å². The number of nitrogens with one attached hydrogen (secondary N) is 1. The van der Waals surface area contributed by atoms with Gasteiger partial charge in [-0.25, -0.2) is 0 Å². The van der Waals surface area contributed by atoms with Gasteiger partial charge in [0.15, 0.2) is 23.3 Å². The largest absolute Gasteiger partial charge is 0.493 e. The highest BCUT2D eigenvalue weighted by Crippen LogP contribution is 2.28. The number of nitrogens with two attached hydrogens (primary N) is 1. The van der Waals surface area contributed by atoms with Crippen molar-refractivity contribution in [2.24, 2.45) is 15.9 Å². The summed E-state index contributed by atoms with van der Waals surface area (Å²) in [7, 11) is 1.52.